The molecule has 18 heavy (non-hydrogen) atoms. The molecule has 4 heteroatoms. The molecule has 0 spiro atoms. The molecular formula is C14H15ClN2O. The van der Waals surface area contributed by atoms with E-state index < -0.39 is 0 Å². The summed E-state index contributed by atoms with van der Waals surface area (Å²) >= 11 is 0. The van der Waals surface area contributed by atoms with Crippen molar-refractivity contribution in [1.82, 2.24) is 0 Å². The summed E-state index contributed by atoms with van der Waals surface area (Å²) in [4.78, 5) is 6.44. The van der Waals surface area contributed by atoms with Gasteiger partial charge in [-0.1, -0.05) is 24.3 Å². The van der Waals surface area contributed by atoms with Crippen LogP contribution >= 0.6 is 12.4 Å². The number of halogens is 1. The maximum absolute atomic E-state index is 9.50. The van der Waals surface area contributed by atoms with Crippen molar-refractivity contribution < 1.29 is 5.11 Å². The van der Waals surface area contributed by atoms with Gasteiger partial charge in [-0.3, -0.25) is 0 Å². The number of rotatable bonds is 2. The van der Waals surface area contributed by atoms with Crippen LogP contribution in [0.4, 0.5) is 11.4 Å². The van der Waals surface area contributed by atoms with Crippen molar-refractivity contribution in [3.05, 3.63) is 36.4 Å². The number of aliphatic imine (C=N–C) groups is 1. The van der Waals surface area contributed by atoms with Crippen LogP contribution in [0.3, 0.4) is 0 Å². The monoisotopic (exact) mass is 262 g/mol. The summed E-state index contributed by atoms with van der Waals surface area (Å²) in [5.41, 5.74) is 2.12. The lowest BCUT2D eigenvalue weighted by Gasteiger charge is -2.26. The summed E-state index contributed by atoms with van der Waals surface area (Å²) in [7, 11) is 0. The minimum Gasteiger partial charge on any atom is -0.392 e. The fraction of sp³-hybridized carbons (Fsp3) is 0.214. The Labute approximate surface area is 112 Å². The van der Waals surface area contributed by atoms with E-state index in [1.54, 1.807) is 13.3 Å². The van der Waals surface area contributed by atoms with Crippen LogP contribution in [0.2, 0.25) is 0 Å². The quantitative estimate of drug-likeness (QED) is 0.903. The molecule has 94 valence electrons. The molecule has 0 fully saturated rings. The summed E-state index contributed by atoms with van der Waals surface area (Å²) in [6, 6.07) is 12.3. The molecule has 2 aromatic carbocycles. The lowest BCUT2D eigenvalue weighted by Crippen LogP contribution is -2.30. The Morgan fingerprint density at radius 2 is 1.94 bits per heavy atom. The molecule has 1 unspecified atom stereocenters. The van der Waals surface area contributed by atoms with Crippen LogP contribution in [0.15, 0.2) is 41.4 Å². The summed E-state index contributed by atoms with van der Waals surface area (Å²) < 4.78 is 0. The Hall–Kier alpha value is -1.58. The van der Waals surface area contributed by atoms with Gasteiger partial charge >= 0.3 is 0 Å². The number of aliphatic hydroxyl groups is 1. The van der Waals surface area contributed by atoms with Crippen LogP contribution in [0.1, 0.15) is 6.92 Å². The van der Waals surface area contributed by atoms with E-state index in [4.69, 9.17) is 0 Å². The van der Waals surface area contributed by atoms with Gasteiger partial charge in [0.1, 0.15) is 0 Å². The smallest absolute Gasteiger partial charge is 0.0958 e. The summed E-state index contributed by atoms with van der Waals surface area (Å²) in [6.45, 7) is 2.35. The van der Waals surface area contributed by atoms with Gasteiger partial charge in [-0.25, -0.2) is 4.99 Å². The fourth-order valence-corrected chi connectivity index (χ4v) is 2.27. The van der Waals surface area contributed by atoms with Crippen LogP contribution in [-0.4, -0.2) is 24.1 Å². The highest BCUT2D eigenvalue weighted by atomic mass is 35.5. The third kappa shape index (κ3) is 2.07. The second-order valence-electron chi connectivity index (χ2n) is 4.40. The van der Waals surface area contributed by atoms with E-state index in [9.17, 15) is 5.11 Å². The number of nitrogens with zero attached hydrogens (tertiary/aromatic N) is 2. The third-order valence-corrected chi connectivity index (χ3v) is 2.97. The first kappa shape index (κ1) is 12.9. The van der Waals surface area contributed by atoms with Crippen molar-refractivity contribution in [1.29, 1.82) is 0 Å². The van der Waals surface area contributed by atoms with E-state index in [-0.39, 0.29) is 18.5 Å². The van der Waals surface area contributed by atoms with Gasteiger partial charge in [-0.2, -0.15) is 0 Å². The number of aliphatic hydroxyl groups excluding tert-OH is 1. The van der Waals surface area contributed by atoms with Gasteiger partial charge in [-0.05, 0) is 24.4 Å². The van der Waals surface area contributed by atoms with Crippen LogP contribution in [0, 0.1) is 0 Å². The van der Waals surface area contributed by atoms with Gasteiger partial charge in [0.25, 0.3) is 0 Å². The largest absolute Gasteiger partial charge is 0.392 e. The Morgan fingerprint density at radius 3 is 2.67 bits per heavy atom. The standard InChI is InChI=1S/C14H14N2O.ClH/c1-10(17)8-16-9-15-12-6-2-4-11-5-3-7-13(16)14(11)12;/h2-7,9-10,17H,8H2,1H3;1H. The molecule has 0 aromatic heterocycles. The van der Waals surface area contributed by atoms with E-state index in [1.165, 1.54) is 5.39 Å². The molecule has 1 heterocycles. The van der Waals surface area contributed by atoms with Crippen LogP contribution in [-0.2, 0) is 0 Å². The van der Waals surface area contributed by atoms with E-state index in [0.29, 0.717) is 6.54 Å². The van der Waals surface area contributed by atoms with Gasteiger partial charge in [0.15, 0.2) is 0 Å². The van der Waals surface area contributed by atoms with E-state index >= 15 is 0 Å². The molecule has 3 rings (SSSR count). The van der Waals surface area contributed by atoms with Gasteiger partial charge in [-0.15, -0.1) is 12.4 Å². The van der Waals surface area contributed by atoms with Gasteiger partial charge < -0.3 is 10.0 Å². The van der Waals surface area contributed by atoms with Gasteiger partial charge in [0.2, 0.25) is 0 Å². The average molecular weight is 263 g/mol. The Bertz CT molecular complexity index is 590. The first-order chi connectivity index (χ1) is 8.25. The molecule has 0 bridgehead atoms. The maximum atomic E-state index is 9.50. The Morgan fingerprint density at radius 1 is 1.22 bits per heavy atom. The minimum atomic E-state index is -0.373. The number of hydrogen-bond acceptors (Lipinski definition) is 3. The fourth-order valence-electron chi connectivity index (χ4n) is 2.27. The first-order valence-corrected chi connectivity index (χ1v) is 5.76. The molecule has 0 amide bonds. The lowest BCUT2D eigenvalue weighted by molar-refractivity contribution is 0.204. The Kier molecular flexibility index (Phi) is 3.55. The number of benzene rings is 2. The molecule has 1 aliphatic heterocycles. The van der Waals surface area contributed by atoms with Crippen molar-refractivity contribution in [2.45, 2.75) is 13.0 Å². The van der Waals surface area contributed by atoms with Gasteiger partial charge in [0, 0.05) is 11.9 Å². The molecule has 3 nitrogen and oxygen atoms in total. The highest BCUT2D eigenvalue weighted by Crippen LogP contribution is 2.36. The molecule has 0 aliphatic carbocycles. The number of hydrogen-bond donors (Lipinski definition) is 1. The van der Waals surface area contributed by atoms with Crippen molar-refractivity contribution >= 4 is 40.9 Å². The number of anilines is 1. The highest BCUT2D eigenvalue weighted by Gasteiger charge is 2.16. The lowest BCUT2D eigenvalue weighted by atomic mass is 10.0. The molecule has 1 atom stereocenters. The predicted octanol–water partition coefficient (Wildman–Crippen LogP) is 3.12. The summed E-state index contributed by atoms with van der Waals surface area (Å²) in [5.74, 6) is 0. The topological polar surface area (TPSA) is 35.8 Å². The molecule has 0 saturated heterocycles. The minimum absolute atomic E-state index is 0. The van der Waals surface area contributed by atoms with E-state index in [0.717, 1.165) is 16.8 Å². The van der Waals surface area contributed by atoms with E-state index in [1.807, 2.05) is 23.1 Å². The molecule has 0 saturated carbocycles. The zero-order chi connectivity index (χ0) is 11.8. The van der Waals surface area contributed by atoms with Gasteiger partial charge in [0.05, 0.1) is 23.8 Å². The van der Waals surface area contributed by atoms with Crippen molar-refractivity contribution in [3.63, 3.8) is 0 Å². The predicted molar refractivity (Wildman–Crippen MR) is 78.4 cm³/mol. The van der Waals surface area contributed by atoms with Crippen LogP contribution in [0.25, 0.3) is 10.8 Å². The molecular weight excluding hydrogens is 248 g/mol. The first-order valence-electron chi connectivity index (χ1n) is 5.76. The molecule has 0 radical (unpaired) electrons. The second kappa shape index (κ2) is 4.96. The van der Waals surface area contributed by atoms with Crippen molar-refractivity contribution in [3.8, 4) is 0 Å². The Balaban J connectivity index is 0.00000120. The molecule has 1 N–H and O–H groups in total. The molecule has 2 aromatic rings. The number of β-amino-alcohol motifs (C(OH)–C–C–N with tert-alkyl or cyclic N) is 1. The summed E-state index contributed by atoms with van der Waals surface area (Å²) in [5, 5.41) is 11.9. The summed E-state index contributed by atoms with van der Waals surface area (Å²) in [6.07, 6.45) is 1.42. The maximum Gasteiger partial charge on any atom is 0.0958 e. The average Bonchev–Trinajstić information content (AvgIpc) is 2.33. The van der Waals surface area contributed by atoms with Crippen LogP contribution in [0.5, 0.6) is 0 Å². The second-order valence-corrected chi connectivity index (χ2v) is 4.40. The SMILES string of the molecule is CC(O)CN1C=Nc2cccc3cccc1c23.Cl. The normalized spacial score (nSPS) is 14.4. The third-order valence-electron chi connectivity index (χ3n) is 2.97. The highest BCUT2D eigenvalue weighted by molar-refractivity contribution is 6.09. The van der Waals surface area contributed by atoms with Crippen LogP contribution < -0.4 is 4.90 Å². The van der Waals surface area contributed by atoms with Crippen molar-refractivity contribution in [2.24, 2.45) is 4.99 Å². The van der Waals surface area contributed by atoms with Crippen molar-refractivity contribution in [2.75, 3.05) is 11.4 Å². The van der Waals surface area contributed by atoms with E-state index in [2.05, 4.69) is 23.2 Å². The zero-order valence-electron chi connectivity index (χ0n) is 10.1. The molecule has 1 aliphatic rings. The zero-order valence-corrected chi connectivity index (χ0v) is 10.9.